The molecule has 0 N–H and O–H groups in total. The zero-order chi connectivity index (χ0) is 12.3. The summed E-state index contributed by atoms with van der Waals surface area (Å²) in [6.45, 7) is 5.87. The third-order valence-corrected chi connectivity index (χ3v) is 2.71. The molecule has 0 heterocycles. The van der Waals surface area contributed by atoms with E-state index in [4.69, 9.17) is 0 Å². The molecule has 0 radical (unpaired) electrons. The zero-order valence-corrected chi connectivity index (χ0v) is 9.81. The second-order valence-corrected chi connectivity index (χ2v) is 4.04. The van der Waals surface area contributed by atoms with E-state index in [2.05, 4.69) is 6.58 Å². The van der Waals surface area contributed by atoms with E-state index in [9.17, 15) is 4.79 Å². The van der Waals surface area contributed by atoms with E-state index in [1.165, 1.54) is 0 Å². The molecule has 84 valence electrons. The molecule has 0 saturated heterocycles. The number of allylic oxidation sites excluding steroid dienone is 1. The summed E-state index contributed by atoms with van der Waals surface area (Å²) in [5.41, 5.74) is 3.24. The van der Waals surface area contributed by atoms with Gasteiger partial charge in [-0.25, -0.2) is 0 Å². The van der Waals surface area contributed by atoms with Crippen molar-refractivity contribution in [1.82, 2.24) is 0 Å². The standard InChI is InChI=1S/C16H14O/c1-12-8-10-15(11-9-12)16(17)13(2)14-6-4-3-5-7-14/h3-11H,2H2,1H3. The van der Waals surface area contributed by atoms with Crippen LogP contribution in [-0.2, 0) is 0 Å². The van der Waals surface area contributed by atoms with Gasteiger partial charge in [0.15, 0.2) is 5.78 Å². The molecule has 1 heteroatoms. The van der Waals surface area contributed by atoms with Crippen molar-refractivity contribution in [3.05, 3.63) is 77.9 Å². The number of carbonyl (C=O) groups excluding carboxylic acids is 1. The first kappa shape index (κ1) is 11.3. The van der Waals surface area contributed by atoms with Crippen LogP contribution in [0.2, 0.25) is 0 Å². The van der Waals surface area contributed by atoms with Crippen LogP contribution >= 0.6 is 0 Å². The highest BCUT2D eigenvalue weighted by atomic mass is 16.1. The van der Waals surface area contributed by atoms with Crippen LogP contribution in [0.1, 0.15) is 21.5 Å². The maximum atomic E-state index is 12.2. The first-order chi connectivity index (χ1) is 8.18. The van der Waals surface area contributed by atoms with Gasteiger partial charge in [0.25, 0.3) is 0 Å². The lowest BCUT2D eigenvalue weighted by Crippen LogP contribution is -2.01. The van der Waals surface area contributed by atoms with E-state index in [1.54, 1.807) is 0 Å². The molecule has 0 aliphatic rings. The molecule has 0 amide bonds. The second kappa shape index (κ2) is 4.79. The zero-order valence-electron chi connectivity index (χ0n) is 9.81. The van der Waals surface area contributed by atoms with E-state index in [0.29, 0.717) is 11.1 Å². The molecule has 2 aromatic carbocycles. The van der Waals surface area contributed by atoms with Crippen molar-refractivity contribution in [3.63, 3.8) is 0 Å². The monoisotopic (exact) mass is 222 g/mol. The number of carbonyl (C=O) groups is 1. The van der Waals surface area contributed by atoms with Crippen molar-refractivity contribution in [2.75, 3.05) is 0 Å². The molecule has 0 saturated carbocycles. The predicted molar refractivity (Wildman–Crippen MR) is 71.0 cm³/mol. The SMILES string of the molecule is C=C(C(=O)c1ccc(C)cc1)c1ccccc1. The minimum absolute atomic E-state index is 0.0174. The normalized spacial score (nSPS) is 9.94. The largest absolute Gasteiger partial charge is 0.289 e. The average molecular weight is 222 g/mol. The van der Waals surface area contributed by atoms with Gasteiger partial charge in [-0.15, -0.1) is 0 Å². The van der Waals surface area contributed by atoms with Crippen molar-refractivity contribution in [3.8, 4) is 0 Å². The maximum absolute atomic E-state index is 12.2. The van der Waals surface area contributed by atoms with Gasteiger partial charge >= 0.3 is 0 Å². The van der Waals surface area contributed by atoms with Gasteiger partial charge in [0, 0.05) is 11.1 Å². The molecule has 17 heavy (non-hydrogen) atoms. The van der Waals surface area contributed by atoms with Gasteiger partial charge in [-0.2, -0.15) is 0 Å². The number of aryl methyl sites for hydroxylation is 1. The van der Waals surface area contributed by atoms with E-state index in [1.807, 2.05) is 61.5 Å². The summed E-state index contributed by atoms with van der Waals surface area (Å²) in [4.78, 5) is 12.2. The minimum atomic E-state index is -0.0174. The number of ketones is 1. The van der Waals surface area contributed by atoms with Crippen molar-refractivity contribution in [2.24, 2.45) is 0 Å². The lowest BCUT2D eigenvalue weighted by atomic mass is 9.98. The van der Waals surface area contributed by atoms with Gasteiger partial charge < -0.3 is 0 Å². The summed E-state index contributed by atoms with van der Waals surface area (Å²) >= 11 is 0. The van der Waals surface area contributed by atoms with Crippen LogP contribution in [0.4, 0.5) is 0 Å². The van der Waals surface area contributed by atoms with Crippen molar-refractivity contribution in [1.29, 1.82) is 0 Å². The average Bonchev–Trinajstić information content (AvgIpc) is 2.39. The van der Waals surface area contributed by atoms with Gasteiger partial charge in [0.2, 0.25) is 0 Å². The Labute approximate surface area is 101 Å². The lowest BCUT2D eigenvalue weighted by Gasteiger charge is -2.05. The Morgan fingerprint density at radius 3 is 2.06 bits per heavy atom. The van der Waals surface area contributed by atoms with E-state index < -0.39 is 0 Å². The number of hydrogen-bond donors (Lipinski definition) is 0. The molecule has 0 aromatic heterocycles. The molecule has 2 aromatic rings. The second-order valence-electron chi connectivity index (χ2n) is 4.04. The topological polar surface area (TPSA) is 17.1 Å². The third kappa shape index (κ3) is 2.51. The molecule has 0 aliphatic heterocycles. The third-order valence-electron chi connectivity index (χ3n) is 2.71. The van der Waals surface area contributed by atoms with Crippen LogP contribution in [0.3, 0.4) is 0 Å². The fourth-order valence-corrected chi connectivity index (χ4v) is 1.65. The highest BCUT2D eigenvalue weighted by Crippen LogP contribution is 2.17. The van der Waals surface area contributed by atoms with Crippen LogP contribution in [0.25, 0.3) is 5.57 Å². The molecule has 0 unspecified atom stereocenters. The smallest absolute Gasteiger partial charge is 0.193 e. The van der Waals surface area contributed by atoms with E-state index in [0.717, 1.165) is 11.1 Å². The maximum Gasteiger partial charge on any atom is 0.193 e. The van der Waals surface area contributed by atoms with Gasteiger partial charge in [0.1, 0.15) is 0 Å². The van der Waals surface area contributed by atoms with Crippen molar-refractivity contribution < 1.29 is 4.79 Å². The Bertz CT molecular complexity index is 535. The fourth-order valence-electron chi connectivity index (χ4n) is 1.65. The first-order valence-corrected chi connectivity index (χ1v) is 5.54. The number of rotatable bonds is 3. The Kier molecular flexibility index (Phi) is 3.20. The van der Waals surface area contributed by atoms with Crippen LogP contribution in [-0.4, -0.2) is 5.78 Å². The van der Waals surface area contributed by atoms with Crippen LogP contribution in [0.5, 0.6) is 0 Å². The number of benzene rings is 2. The molecular weight excluding hydrogens is 208 g/mol. The van der Waals surface area contributed by atoms with Crippen molar-refractivity contribution in [2.45, 2.75) is 6.92 Å². The molecular formula is C16H14O. The molecule has 2 rings (SSSR count). The Balaban J connectivity index is 2.27. The summed E-state index contributed by atoms with van der Waals surface area (Å²) in [7, 11) is 0. The Morgan fingerprint density at radius 1 is 0.882 bits per heavy atom. The summed E-state index contributed by atoms with van der Waals surface area (Å²) in [5, 5.41) is 0. The van der Waals surface area contributed by atoms with Crippen LogP contribution in [0.15, 0.2) is 61.2 Å². The fraction of sp³-hybridized carbons (Fsp3) is 0.0625. The quantitative estimate of drug-likeness (QED) is 0.568. The molecule has 0 spiro atoms. The minimum Gasteiger partial charge on any atom is -0.289 e. The predicted octanol–water partition coefficient (Wildman–Crippen LogP) is 3.89. The highest BCUT2D eigenvalue weighted by Gasteiger charge is 2.11. The van der Waals surface area contributed by atoms with Gasteiger partial charge in [-0.1, -0.05) is 66.7 Å². The Morgan fingerprint density at radius 2 is 1.47 bits per heavy atom. The van der Waals surface area contributed by atoms with Crippen LogP contribution in [0, 0.1) is 6.92 Å². The summed E-state index contributed by atoms with van der Waals surface area (Å²) in [6, 6.07) is 17.1. The molecule has 0 fully saturated rings. The van der Waals surface area contributed by atoms with E-state index >= 15 is 0 Å². The highest BCUT2D eigenvalue weighted by molar-refractivity contribution is 6.28. The van der Waals surface area contributed by atoms with Gasteiger partial charge in [0.05, 0.1) is 0 Å². The number of Topliss-reactive ketones (excluding diaryl/α,β-unsaturated/α-hetero) is 1. The Hall–Kier alpha value is -2.15. The number of hydrogen-bond acceptors (Lipinski definition) is 1. The van der Waals surface area contributed by atoms with Crippen LogP contribution < -0.4 is 0 Å². The molecule has 1 nitrogen and oxygen atoms in total. The summed E-state index contributed by atoms with van der Waals surface area (Å²) < 4.78 is 0. The first-order valence-electron chi connectivity index (χ1n) is 5.54. The van der Waals surface area contributed by atoms with Gasteiger partial charge in [-0.3, -0.25) is 4.79 Å². The van der Waals surface area contributed by atoms with Crippen molar-refractivity contribution >= 4 is 11.4 Å². The molecule has 0 aliphatic carbocycles. The lowest BCUT2D eigenvalue weighted by molar-refractivity contribution is 0.105. The van der Waals surface area contributed by atoms with E-state index in [-0.39, 0.29) is 5.78 Å². The summed E-state index contributed by atoms with van der Waals surface area (Å²) in [6.07, 6.45) is 0. The van der Waals surface area contributed by atoms with Gasteiger partial charge in [-0.05, 0) is 12.5 Å². The summed E-state index contributed by atoms with van der Waals surface area (Å²) in [5.74, 6) is -0.0174. The molecule has 0 atom stereocenters. The molecule has 0 bridgehead atoms.